The van der Waals surface area contributed by atoms with Gasteiger partial charge in [-0.25, -0.2) is 0 Å². The van der Waals surface area contributed by atoms with Crippen LogP contribution in [-0.4, -0.2) is 26.3 Å². The van der Waals surface area contributed by atoms with Crippen molar-refractivity contribution in [2.75, 3.05) is 20.3 Å². The summed E-state index contributed by atoms with van der Waals surface area (Å²) >= 11 is 0. The Morgan fingerprint density at radius 2 is 1.68 bits per heavy atom. The number of ether oxygens (including phenoxy) is 3. The second-order valence-corrected chi connectivity index (χ2v) is 5.26. The van der Waals surface area contributed by atoms with Crippen molar-refractivity contribution in [2.24, 2.45) is 0 Å². The highest BCUT2D eigenvalue weighted by molar-refractivity contribution is 5.85. The van der Waals surface area contributed by atoms with E-state index in [0.29, 0.717) is 18.1 Å². The average Bonchev–Trinajstić information content (AvgIpc) is 2.60. The minimum Gasteiger partial charge on any atom is -0.493 e. The third-order valence-corrected chi connectivity index (χ3v) is 3.38. The van der Waals surface area contributed by atoms with E-state index in [1.165, 1.54) is 12.5 Å². The minimum absolute atomic E-state index is 0. The van der Waals surface area contributed by atoms with E-state index >= 15 is 0 Å². The molecule has 0 atom stereocenters. The lowest BCUT2D eigenvalue weighted by molar-refractivity contribution is -0.141. The van der Waals surface area contributed by atoms with Crippen molar-refractivity contribution in [3.8, 4) is 11.5 Å². The van der Waals surface area contributed by atoms with Crippen LogP contribution in [0.25, 0.3) is 0 Å². The number of hydrogen-bond acceptors (Lipinski definition) is 5. The maximum atomic E-state index is 10.7. The highest BCUT2D eigenvalue weighted by Gasteiger charge is 2.06. The third-order valence-electron chi connectivity index (χ3n) is 3.38. The van der Waals surface area contributed by atoms with E-state index in [4.69, 9.17) is 14.2 Å². The Kier molecular flexibility index (Phi) is 9.43. The fourth-order valence-electron chi connectivity index (χ4n) is 2.23. The van der Waals surface area contributed by atoms with Gasteiger partial charge in [0.1, 0.15) is 13.2 Å². The molecule has 0 aliphatic carbocycles. The monoisotopic (exact) mass is 365 g/mol. The topological polar surface area (TPSA) is 56.8 Å². The van der Waals surface area contributed by atoms with Crippen molar-refractivity contribution in [1.29, 1.82) is 0 Å². The van der Waals surface area contributed by atoms with Crippen LogP contribution in [0.4, 0.5) is 0 Å². The molecule has 1 N–H and O–H groups in total. The van der Waals surface area contributed by atoms with Crippen molar-refractivity contribution in [2.45, 2.75) is 20.0 Å². The molecule has 2 aromatic rings. The summed E-state index contributed by atoms with van der Waals surface area (Å²) in [5, 5.41) is 3.40. The number of hydrogen-bond donors (Lipinski definition) is 1. The molecule has 6 heteroatoms. The van der Waals surface area contributed by atoms with Gasteiger partial charge in [0, 0.05) is 20.0 Å². The molecule has 25 heavy (non-hydrogen) atoms. The van der Waals surface area contributed by atoms with Gasteiger partial charge in [0.15, 0.2) is 11.5 Å². The second-order valence-electron chi connectivity index (χ2n) is 5.26. The summed E-state index contributed by atoms with van der Waals surface area (Å²) in [6.45, 7) is 3.43. The number of carbonyl (C=O) groups is 1. The minimum atomic E-state index is -0.314. The molecule has 0 heterocycles. The normalized spacial score (nSPS) is 9.84. The fraction of sp³-hybridized carbons (Fsp3) is 0.316. The Bertz CT molecular complexity index is 649. The first-order valence-corrected chi connectivity index (χ1v) is 7.87. The van der Waals surface area contributed by atoms with Crippen LogP contribution in [0.3, 0.4) is 0 Å². The third kappa shape index (κ3) is 7.45. The van der Waals surface area contributed by atoms with Crippen LogP contribution in [0.1, 0.15) is 18.1 Å². The molecule has 0 aliphatic rings. The Hall–Kier alpha value is -2.24. The van der Waals surface area contributed by atoms with Crippen molar-refractivity contribution in [3.05, 3.63) is 59.7 Å². The van der Waals surface area contributed by atoms with Crippen LogP contribution in [0.5, 0.6) is 11.5 Å². The zero-order valence-electron chi connectivity index (χ0n) is 14.5. The van der Waals surface area contributed by atoms with Gasteiger partial charge in [0.25, 0.3) is 0 Å². The molecule has 0 saturated carbocycles. The summed E-state index contributed by atoms with van der Waals surface area (Å²) < 4.78 is 15.8. The number of halogens is 1. The molecule has 2 aromatic carbocycles. The largest absolute Gasteiger partial charge is 0.493 e. The number of nitrogens with one attached hydrogen (secondary N) is 1. The van der Waals surface area contributed by atoms with Crippen molar-refractivity contribution in [3.63, 3.8) is 0 Å². The molecule has 0 aliphatic heterocycles. The first kappa shape index (κ1) is 20.8. The number of esters is 1. The summed E-state index contributed by atoms with van der Waals surface area (Å²) in [6.07, 6.45) is 0. The number of carbonyl (C=O) groups excluding carboxylic acids is 1. The molecule has 0 unspecified atom stereocenters. The predicted octanol–water partition coefficient (Wildman–Crippen LogP) is 3.35. The molecular weight excluding hydrogens is 342 g/mol. The molecule has 0 spiro atoms. The van der Waals surface area contributed by atoms with Gasteiger partial charge in [-0.2, -0.15) is 0 Å². The highest BCUT2D eigenvalue weighted by atomic mass is 35.5. The van der Waals surface area contributed by atoms with Crippen molar-refractivity contribution < 1.29 is 19.0 Å². The summed E-state index contributed by atoms with van der Waals surface area (Å²) in [5.41, 5.74) is 2.35. The maximum Gasteiger partial charge on any atom is 0.302 e. The lowest BCUT2D eigenvalue weighted by atomic mass is 10.2. The van der Waals surface area contributed by atoms with E-state index in [1.807, 2.05) is 36.4 Å². The lowest BCUT2D eigenvalue weighted by Crippen LogP contribution is -2.13. The van der Waals surface area contributed by atoms with Crippen LogP contribution in [0.15, 0.2) is 48.5 Å². The van der Waals surface area contributed by atoms with Crippen LogP contribution in [0, 0.1) is 0 Å². The molecule has 5 nitrogen and oxygen atoms in total. The summed E-state index contributed by atoms with van der Waals surface area (Å²) in [7, 11) is 1.61. The Morgan fingerprint density at radius 1 is 0.960 bits per heavy atom. The van der Waals surface area contributed by atoms with Crippen LogP contribution < -0.4 is 14.8 Å². The number of methoxy groups -OCH3 is 1. The van der Waals surface area contributed by atoms with Gasteiger partial charge in [-0.15, -0.1) is 12.4 Å². The summed E-state index contributed by atoms with van der Waals surface area (Å²) in [6, 6.07) is 16.0. The van der Waals surface area contributed by atoms with Crippen LogP contribution in [0.2, 0.25) is 0 Å². The quantitative estimate of drug-likeness (QED) is 0.545. The molecule has 0 amide bonds. The predicted molar refractivity (Wildman–Crippen MR) is 99.4 cm³/mol. The van der Waals surface area contributed by atoms with Crippen molar-refractivity contribution in [1.82, 2.24) is 5.32 Å². The first-order valence-electron chi connectivity index (χ1n) is 7.87. The molecule has 0 radical (unpaired) electrons. The van der Waals surface area contributed by atoms with E-state index in [1.54, 1.807) is 7.11 Å². The molecule has 0 aromatic heterocycles. The molecule has 2 rings (SSSR count). The van der Waals surface area contributed by atoms with Gasteiger partial charge in [-0.1, -0.05) is 36.4 Å². The lowest BCUT2D eigenvalue weighted by Gasteiger charge is -2.12. The molecule has 0 fully saturated rings. The average molecular weight is 366 g/mol. The van der Waals surface area contributed by atoms with E-state index in [-0.39, 0.29) is 25.0 Å². The van der Waals surface area contributed by atoms with Gasteiger partial charge in [0.2, 0.25) is 0 Å². The Labute approximate surface area is 154 Å². The van der Waals surface area contributed by atoms with E-state index in [0.717, 1.165) is 18.7 Å². The highest BCUT2D eigenvalue weighted by Crippen LogP contribution is 2.28. The van der Waals surface area contributed by atoms with Crippen LogP contribution >= 0.6 is 12.4 Å². The van der Waals surface area contributed by atoms with Crippen LogP contribution in [-0.2, 0) is 22.6 Å². The van der Waals surface area contributed by atoms with Gasteiger partial charge in [0.05, 0.1) is 7.11 Å². The number of rotatable bonds is 9. The zero-order chi connectivity index (χ0) is 17.2. The first-order chi connectivity index (χ1) is 11.7. The Morgan fingerprint density at radius 3 is 2.36 bits per heavy atom. The Balaban J connectivity index is 0.00000312. The van der Waals surface area contributed by atoms with Crippen molar-refractivity contribution >= 4 is 18.4 Å². The van der Waals surface area contributed by atoms with Gasteiger partial charge >= 0.3 is 5.97 Å². The molecule has 0 saturated heterocycles. The molecular formula is C19H24ClNO4. The van der Waals surface area contributed by atoms with Gasteiger partial charge < -0.3 is 19.5 Å². The summed E-state index contributed by atoms with van der Waals surface area (Å²) in [5.74, 6) is 0.985. The fourth-order valence-corrected chi connectivity index (χ4v) is 2.23. The standard InChI is InChI=1S/C19H23NO4.ClH/c1-15(21)23-10-11-24-18-9-8-17(12-19(18)22-2)14-20-13-16-6-4-3-5-7-16;/h3-9,12,20H,10-11,13-14H2,1-2H3;1H. The summed E-state index contributed by atoms with van der Waals surface area (Å²) in [4.78, 5) is 10.7. The zero-order valence-corrected chi connectivity index (χ0v) is 15.3. The van der Waals surface area contributed by atoms with E-state index in [2.05, 4.69) is 17.4 Å². The maximum absolute atomic E-state index is 10.7. The van der Waals surface area contributed by atoms with E-state index < -0.39 is 0 Å². The number of benzene rings is 2. The van der Waals surface area contributed by atoms with E-state index in [9.17, 15) is 4.79 Å². The SMILES string of the molecule is COc1cc(CNCc2ccccc2)ccc1OCCOC(C)=O.Cl. The van der Waals surface area contributed by atoms with Gasteiger partial charge in [-0.05, 0) is 23.3 Å². The molecule has 0 bridgehead atoms. The van der Waals surface area contributed by atoms with Gasteiger partial charge in [-0.3, -0.25) is 4.79 Å². The second kappa shape index (κ2) is 11.3. The smallest absolute Gasteiger partial charge is 0.302 e. The molecule has 136 valence electrons.